The van der Waals surface area contributed by atoms with E-state index in [1.165, 1.54) is 4.90 Å². The Labute approximate surface area is 128 Å². The second kappa shape index (κ2) is 6.93. The number of ether oxygens (including phenoxy) is 1. The van der Waals surface area contributed by atoms with Crippen molar-refractivity contribution in [1.82, 2.24) is 10.2 Å². The minimum Gasteiger partial charge on any atom is -0.470 e. The summed E-state index contributed by atoms with van der Waals surface area (Å²) in [7, 11) is 0. The zero-order valence-corrected chi connectivity index (χ0v) is 12.5. The Morgan fingerprint density at radius 2 is 2.09 bits per heavy atom. The number of amides is 2. The first-order valence-corrected chi connectivity index (χ1v) is 7.23. The zero-order chi connectivity index (χ0) is 16.1. The molecule has 1 heterocycles. The van der Waals surface area contributed by atoms with Crippen LogP contribution in [0.2, 0.25) is 0 Å². The Hall–Kier alpha value is -2.57. The molecule has 1 aliphatic heterocycles. The van der Waals surface area contributed by atoms with Gasteiger partial charge in [0.15, 0.2) is 6.23 Å². The van der Waals surface area contributed by atoms with Crippen LogP contribution in [0.5, 0.6) is 5.75 Å². The van der Waals surface area contributed by atoms with Crippen LogP contribution in [0.1, 0.15) is 25.3 Å². The molecule has 2 rings (SSSR count). The largest absolute Gasteiger partial charge is 0.470 e. The van der Waals surface area contributed by atoms with Crippen LogP contribution in [-0.4, -0.2) is 41.9 Å². The van der Waals surface area contributed by atoms with Crippen molar-refractivity contribution >= 4 is 17.6 Å². The van der Waals surface area contributed by atoms with Gasteiger partial charge in [-0.15, -0.1) is 0 Å². The molecule has 0 radical (unpaired) electrons. The Balaban J connectivity index is 2.12. The van der Waals surface area contributed by atoms with Gasteiger partial charge in [0, 0.05) is 25.1 Å². The van der Waals surface area contributed by atoms with Crippen molar-refractivity contribution in [2.75, 3.05) is 13.1 Å². The van der Waals surface area contributed by atoms with E-state index in [1.54, 1.807) is 24.3 Å². The molecule has 1 aromatic carbocycles. The quantitative estimate of drug-likeness (QED) is 0.402. The molecule has 1 atom stereocenters. The molecule has 2 amide bonds. The molecule has 0 spiro atoms. The molecule has 118 valence electrons. The Morgan fingerprint density at radius 3 is 2.68 bits per heavy atom. The van der Waals surface area contributed by atoms with Gasteiger partial charge in [0.25, 0.3) is 0 Å². The SMILES string of the molecule is CCCC(Oc1ccc(C(=N)N)cc1)N1CCNC(=O)C1=O. The van der Waals surface area contributed by atoms with E-state index < -0.39 is 18.0 Å². The first-order valence-electron chi connectivity index (χ1n) is 7.23. The van der Waals surface area contributed by atoms with Crippen molar-refractivity contribution in [2.45, 2.75) is 26.0 Å². The highest BCUT2D eigenvalue weighted by molar-refractivity contribution is 6.35. The van der Waals surface area contributed by atoms with E-state index in [1.807, 2.05) is 6.92 Å². The molecule has 1 fully saturated rings. The maximum atomic E-state index is 12.0. The van der Waals surface area contributed by atoms with Gasteiger partial charge in [-0.3, -0.25) is 19.9 Å². The summed E-state index contributed by atoms with van der Waals surface area (Å²) >= 11 is 0. The first-order chi connectivity index (χ1) is 10.5. The van der Waals surface area contributed by atoms with Gasteiger partial charge in [0.05, 0.1) is 0 Å². The second-order valence-corrected chi connectivity index (χ2v) is 5.05. The minimum atomic E-state index is -0.595. The van der Waals surface area contributed by atoms with Crippen LogP contribution in [0.3, 0.4) is 0 Å². The molecule has 0 aromatic heterocycles. The lowest BCUT2D eigenvalue weighted by Crippen LogP contribution is -2.57. The third-order valence-corrected chi connectivity index (χ3v) is 3.41. The van der Waals surface area contributed by atoms with Gasteiger partial charge in [-0.05, 0) is 24.3 Å². The summed E-state index contributed by atoms with van der Waals surface area (Å²) in [6.07, 6.45) is 0.974. The second-order valence-electron chi connectivity index (χ2n) is 5.05. The summed E-state index contributed by atoms with van der Waals surface area (Å²) in [5.74, 6) is -0.602. The van der Waals surface area contributed by atoms with Gasteiger partial charge < -0.3 is 15.8 Å². The van der Waals surface area contributed by atoms with Crippen LogP contribution in [-0.2, 0) is 9.59 Å². The van der Waals surface area contributed by atoms with Crippen LogP contribution < -0.4 is 15.8 Å². The molecular formula is C15H20N4O3. The zero-order valence-electron chi connectivity index (χ0n) is 12.5. The van der Waals surface area contributed by atoms with Crippen LogP contribution in [0.25, 0.3) is 0 Å². The fraction of sp³-hybridized carbons (Fsp3) is 0.400. The number of nitrogens with zero attached hydrogens (tertiary/aromatic N) is 1. The Morgan fingerprint density at radius 1 is 1.41 bits per heavy atom. The van der Waals surface area contributed by atoms with Crippen molar-refractivity contribution in [3.8, 4) is 5.75 Å². The number of amidine groups is 1. The lowest BCUT2D eigenvalue weighted by molar-refractivity contribution is -0.154. The maximum absolute atomic E-state index is 12.0. The number of carbonyl (C=O) groups is 2. The van der Waals surface area contributed by atoms with E-state index in [0.29, 0.717) is 30.8 Å². The molecule has 1 saturated heterocycles. The van der Waals surface area contributed by atoms with Gasteiger partial charge in [-0.1, -0.05) is 13.3 Å². The van der Waals surface area contributed by atoms with Crippen molar-refractivity contribution in [3.05, 3.63) is 29.8 Å². The van der Waals surface area contributed by atoms with Crippen molar-refractivity contribution in [2.24, 2.45) is 5.73 Å². The van der Waals surface area contributed by atoms with Gasteiger partial charge in [0.2, 0.25) is 0 Å². The average molecular weight is 304 g/mol. The Kier molecular flexibility index (Phi) is 4.98. The maximum Gasteiger partial charge on any atom is 0.314 e. The number of carbonyl (C=O) groups excluding carboxylic acids is 2. The summed E-state index contributed by atoms with van der Waals surface area (Å²) in [4.78, 5) is 24.9. The number of nitrogen functional groups attached to an aromatic ring is 1. The number of hydrogen-bond donors (Lipinski definition) is 3. The summed E-state index contributed by atoms with van der Waals surface area (Å²) in [5, 5.41) is 9.88. The number of hydrogen-bond acceptors (Lipinski definition) is 4. The van der Waals surface area contributed by atoms with Crippen LogP contribution in [0.15, 0.2) is 24.3 Å². The molecule has 0 bridgehead atoms. The van der Waals surface area contributed by atoms with E-state index in [4.69, 9.17) is 15.9 Å². The highest BCUT2D eigenvalue weighted by atomic mass is 16.5. The third kappa shape index (κ3) is 3.55. The highest BCUT2D eigenvalue weighted by Gasteiger charge is 2.32. The van der Waals surface area contributed by atoms with E-state index in [0.717, 1.165) is 6.42 Å². The van der Waals surface area contributed by atoms with Crippen LogP contribution >= 0.6 is 0 Å². The predicted octanol–water partition coefficient (Wildman–Crippen LogP) is 0.434. The van der Waals surface area contributed by atoms with Gasteiger partial charge in [0.1, 0.15) is 11.6 Å². The molecule has 1 unspecified atom stereocenters. The van der Waals surface area contributed by atoms with E-state index in [-0.39, 0.29) is 5.84 Å². The van der Waals surface area contributed by atoms with Crippen molar-refractivity contribution in [3.63, 3.8) is 0 Å². The van der Waals surface area contributed by atoms with E-state index >= 15 is 0 Å². The number of nitrogens with two attached hydrogens (primary N) is 1. The smallest absolute Gasteiger partial charge is 0.314 e. The average Bonchev–Trinajstić information content (AvgIpc) is 2.50. The first kappa shape index (κ1) is 15.8. The highest BCUT2D eigenvalue weighted by Crippen LogP contribution is 2.18. The fourth-order valence-electron chi connectivity index (χ4n) is 2.27. The van der Waals surface area contributed by atoms with Crippen LogP contribution in [0, 0.1) is 5.41 Å². The standard InChI is InChI=1S/C15H20N4O3/c1-2-3-12(19-9-8-18-14(20)15(19)21)22-11-6-4-10(5-7-11)13(16)17/h4-7,12H,2-3,8-9H2,1H3,(H3,16,17)(H,18,20). The summed E-state index contributed by atoms with van der Waals surface area (Å²) in [5.41, 5.74) is 6.01. The summed E-state index contributed by atoms with van der Waals surface area (Å²) < 4.78 is 5.86. The molecule has 1 aromatic rings. The molecule has 7 heteroatoms. The molecule has 22 heavy (non-hydrogen) atoms. The molecular weight excluding hydrogens is 284 g/mol. The van der Waals surface area contributed by atoms with Crippen molar-refractivity contribution in [1.29, 1.82) is 5.41 Å². The molecule has 7 nitrogen and oxygen atoms in total. The van der Waals surface area contributed by atoms with E-state index in [2.05, 4.69) is 5.32 Å². The lowest BCUT2D eigenvalue weighted by Gasteiger charge is -2.34. The van der Waals surface area contributed by atoms with E-state index in [9.17, 15) is 9.59 Å². The molecule has 1 aliphatic rings. The Bertz CT molecular complexity index is 571. The van der Waals surface area contributed by atoms with Gasteiger partial charge in [-0.2, -0.15) is 0 Å². The topological polar surface area (TPSA) is 109 Å². The number of piperazine rings is 1. The number of rotatable bonds is 6. The molecule has 0 saturated carbocycles. The monoisotopic (exact) mass is 304 g/mol. The summed E-state index contributed by atoms with van der Waals surface area (Å²) in [6, 6.07) is 6.78. The normalized spacial score (nSPS) is 16.1. The number of nitrogens with one attached hydrogen (secondary N) is 2. The number of benzene rings is 1. The minimum absolute atomic E-state index is 0.0143. The predicted molar refractivity (Wildman–Crippen MR) is 81.5 cm³/mol. The molecule has 0 aliphatic carbocycles. The summed E-state index contributed by atoms with van der Waals surface area (Å²) in [6.45, 7) is 2.85. The lowest BCUT2D eigenvalue weighted by atomic mass is 10.2. The van der Waals surface area contributed by atoms with Gasteiger partial charge in [-0.25, -0.2) is 0 Å². The fourth-order valence-corrected chi connectivity index (χ4v) is 2.27. The van der Waals surface area contributed by atoms with Crippen molar-refractivity contribution < 1.29 is 14.3 Å². The third-order valence-electron chi connectivity index (χ3n) is 3.41. The van der Waals surface area contributed by atoms with Crippen LogP contribution in [0.4, 0.5) is 0 Å². The van der Waals surface area contributed by atoms with Gasteiger partial charge >= 0.3 is 11.8 Å². The molecule has 4 N–H and O–H groups in total.